The lowest BCUT2D eigenvalue weighted by atomic mass is 10.1. The number of pyridine rings is 1. The molecule has 3 nitrogen and oxygen atoms in total. The minimum atomic E-state index is -0.608. The zero-order valence-electron chi connectivity index (χ0n) is 7.18. The highest BCUT2D eigenvalue weighted by atomic mass is 16.5. The van der Waals surface area contributed by atoms with Gasteiger partial charge in [-0.05, 0) is 12.1 Å². The molecule has 0 fully saturated rings. The topological polar surface area (TPSA) is 42.4 Å². The molecule has 0 aliphatic carbocycles. The van der Waals surface area contributed by atoms with Crippen molar-refractivity contribution >= 4 is 0 Å². The first-order valence-electron chi connectivity index (χ1n) is 4.27. The average molecular weight is 177 g/mol. The summed E-state index contributed by atoms with van der Waals surface area (Å²) in [6.45, 7) is 0.666. The van der Waals surface area contributed by atoms with E-state index in [2.05, 4.69) is 4.98 Å². The molecule has 2 rings (SSSR count). The van der Waals surface area contributed by atoms with Gasteiger partial charge in [0.25, 0.3) is 0 Å². The molecule has 0 aromatic carbocycles. The van der Waals surface area contributed by atoms with Crippen LogP contribution in [0, 0.1) is 0 Å². The van der Waals surface area contributed by atoms with E-state index in [9.17, 15) is 5.11 Å². The van der Waals surface area contributed by atoms with Crippen LogP contribution in [0.25, 0.3) is 0 Å². The molecule has 1 aliphatic rings. The molecular weight excluding hydrogens is 166 g/mol. The number of nitrogens with zero attached hydrogens (tertiary/aromatic N) is 1. The first-order chi connectivity index (χ1) is 6.38. The number of hydrogen-bond donors (Lipinski definition) is 1. The molecule has 0 saturated carbocycles. The Kier molecular flexibility index (Phi) is 2.27. The molecule has 68 valence electrons. The summed E-state index contributed by atoms with van der Waals surface area (Å²) in [5.41, 5.74) is 1.58. The minimum absolute atomic E-state index is 0.608. The fraction of sp³-hybridized carbons (Fsp3) is 0.300. The number of aromatic nitrogens is 1. The lowest BCUT2D eigenvalue weighted by Crippen LogP contribution is -2.02. The van der Waals surface area contributed by atoms with Gasteiger partial charge >= 0.3 is 0 Å². The molecule has 0 bridgehead atoms. The molecule has 1 N–H and O–H groups in total. The molecule has 0 spiro atoms. The van der Waals surface area contributed by atoms with E-state index < -0.39 is 6.10 Å². The molecule has 1 aromatic rings. The normalized spacial score (nSPS) is 17.8. The van der Waals surface area contributed by atoms with Gasteiger partial charge in [-0.25, -0.2) is 0 Å². The van der Waals surface area contributed by atoms with Crippen LogP contribution in [-0.2, 0) is 4.74 Å². The van der Waals surface area contributed by atoms with Gasteiger partial charge in [0, 0.05) is 18.2 Å². The first kappa shape index (κ1) is 8.26. The lowest BCUT2D eigenvalue weighted by Gasteiger charge is -2.08. The number of ether oxygens (including phenoxy) is 1. The Bertz CT molecular complexity index is 308. The maximum atomic E-state index is 9.81. The predicted octanol–water partition coefficient (Wildman–Crippen LogP) is 1.42. The number of hydrogen-bond acceptors (Lipinski definition) is 3. The average Bonchev–Trinajstić information content (AvgIpc) is 2.71. The second kappa shape index (κ2) is 3.58. The zero-order chi connectivity index (χ0) is 9.10. The molecule has 0 radical (unpaired) electrons. The molecule has 1 atom stereocenters. The molecule has 2 heterocycles. The maximum absolute atomic E-state index is 9.81. The summed E-state index contributed by atoms with van der Waals surface area (Å²) in [6.07, 6.45) is 3.48. The summed E-state index contributed by atoms with van der Waals surface area (Å²) >= 11 is 0. The van der Waals surface area contributed by atoms with E-state index >= 15 is 0 Å². The second-order valence-electron chi connectivity index (χ2n) is 2.97. The van der Waals surface area contributed by atoms with Crippen molar-refractivity contribution < 1.29 is 9.84 Å². The number of rotatable bonds is 2. The van der Waals surface area contributed by atoms with Gasteiger partial charge in [0.15, 0.2) is 0 Å². The fourth-order valence-corrected chi connectivity index (χ4v) is 1.33. The first-order valence-corrected chi connectivity index (χ1v) is 4.27. The Labute approximate surface area is 76.7 Å². The van der Waals surface area contributed by atoms with Gasteiger partial charge in [0.2, 0.25) is 0 Å². The maximum Gasteiger partial charge on any atom is 0.120 e. The van der Waals surface area contributed by atoms with E-state index in [1.807, 2.05) is 18.2 Å². The summed E-state index contributed by atoms with van der Waals surface area (Å²) in [6, 6.07) is 5.50. The van der Waals surface area contributed by atoms with Gasteiger partial charge in [0.05, 0.1) is 18.6 Å². The van der Waals surface area contributed by atoms with Crippen molar-refractivity contribution in [3.63, 3.8) is 0 Å². The van der Waals surface area contributed by atoms with Crippen LogP contribution in [0.2, 0.25) is 0 Å². The molecule has 0 saturated heterocycles. The highest BCUT2D eigenvalue weighted by molar-refractivity contribution is 5.19. The summed E-state index contributed by atoms with van der Waals surface area (Å²) in [5.74, 6) is 0. The van der Waals surface area contributed by atoms with Gasteiger partial charge in [-0.1, -0.05) is 6.07 Å². The van der Waals surface area contributed by atoms with E-state index in [0.29, 0.717) is 12.3 Å². The third-order valence-electron chi connectivity index (χ3n) is 2.06. The largest absolute Gasteiger partial charge is 0.501 e. The summed E-state index contributed by atoms with van der Waals surface area (Å²) in [4.78, 5) is 4.08. The van der Waals surface area contributed by atoms with Crippen LogP contribution in [0.4, 0.5) is 0 Å². The van der Waals surface area contributed by atoms with E-state index in [-0.39, 0.29) is 0 Å². The molecule has 1 unspecified atom stereocenters. The van der Waals surface area contributed by atoms with Crippen molar-refractivity contribution in [2.24, 2.45) is 0 Å². The van der Waals surface area contributed by atoms with Crippen molar-refractivity contribution in [3.05, 3.63) is 41.9 Å². The third kappa shape index (κ3) is 1.70. The van der Waals surface area contributed by atoms with Crippen LogP contribution < -0.4 is 0 Å². The number of aliphatic hydroxyl groups is 1. The van der Waals surface area contributed by atoms with E-state index in [4.69, 9.17) is 4.74 Å². The van der Waals surface area contributed by atoms with Gasteiger partial charge < -0.3 is 9.84 Å². The Morgan fingerprint density at radius 1 is 1.46 bits per heavy atom. The van der Waals surface area contributed by atoms with Crippen LogP contribution in [-0.4, -0.2) is 16.7 Å². The molecule has 1 aliphatic heterocycles. The highest BCUT2D eigenvalue weighted by Crippen LogP contribution is 2.25. The van der Waals surface area contributed by atoms with Crippen LogP contribution in [0.5, 0.6) is 0 Å². The minimum Gasteiger partial charge on any atom is -0.501 e. The van der Waals surface area contributed by atoms with Gasteiger partial charge in [0.1, 0.15) is 6.10 Å². The smallest absolute Gasteiger partial charge is 0.120 e. The van der Waals surface area contributed by atoms with E-state index in [1.54, 1.807) is 12.5 Å². The van der Waals surface area contributed by atoms with Crippen molar-refractivity contribution in [2.75, 3.05) is 6.61 Å². The Balaban J connectivity index is 2.17. The van der Waals surface area contributed by atoms with Crippen LogP contribution in [0.3, 0.4) is 0 Å². The Hall–Kier alpha value is -1.35. The molecule has 3 heteroatoms. The van der Waals surface area contributed by atoms with Gasteiger partial charge in [-0.3, -0.25) is 4.98 Å². The molecule has 13 heavy (non-hydrogen) atoms. The van der Waals surface area contributed by atoms with Crippen LogP contribution in [0.1, 0.15) is 18.2 Å². The van der Waals surface area contributed by atoms with Crippen molar-refractivity contribution in [2.45, 2.75) is 12.5 Å². The van der Waals surface area contributed by atoms with Crippen LogP contribution >= 0.6 is 0 Å². The lowest BCUT2D eigenvalue weighted by molar-refractivity contribution is 0.208. The van der Waals surface area contributed by atoms with Gasteiger partial charge in [-0.2, -0.15) is 0 Å². The van der Waals surface area contributed by atoms with Crippen molar-refractivity contribution in [3.8, 4) is 0 Å². The van der Waals surface area contributed by atoms with E-state index in [0.717, 1.165) is 12.0 Å². The van der Waals surface area contributed by atoms with Gasteiger partial charge in [-0.15, -0.1) is 0 Å². The van der Waals surface area contributed by atoms with Crippen LogP contribution in [0.15, 0.2) is 36.2 Å². The zero-order valence-corrected chi connectivity index (χ0v) is 7.18. The highest BCUT2D eigenvalue weighted by Gasteiger charge is 2.17. The van der Waals surface area contributed by atoms with Crippen molar-refractivity contribution in [1.29, 1.82) is 0 Å². The Morgan fingerprint density at radius 2 is 2.38 bits per heavy atom. The van der Waals surface area contributed by atoms with Crippen molar-refractivity contribution in [1.82, 2.24) is 4.98 Å². The SMILES string of the molecule is OC(C1=COCC1)c1ccccn1. The van der Waals surface area contributed by atoms with E-state index in [1.165, 1.54) is 0 Å². The third-order valence-corrected chi connectivity index (χ3v) is 2.06. The Morgan fingerprint density at radius 3 is 3.00 bits per heavy atom. The second-order valence-corrected chi connectivity index (χ2v) is 2.97. The summed E-state index contributed by atoms with van der Waals surface area (Å²) in [7, 11) is 0. The summed E-state index contributed by atoms with van der Waals surface area (Å²) < 4.78 is 5.05. The predicted molar refractivity (Wildman–Crippen MR) is 47.8 cm³/mol. The molecular formula is C10H11NO2. The summed E-state index contributed by atoms with van der Waals surface area (Å²) in [5, 5.41) is 9.81. The monoisotopic (exact) mass is 177 g/mol. The molecule has 0 amide bonds. The number of aliphatic hydroxyl groups excluding tert-OH is 1. The molecule has 1 aromatic heterocycles. The quantitative estimate of drug-likeness (QED) is 0.742. The fourth-order valence-electron chi connectivity index (χ4n) is 1.33. The standard InChI is InChI=1S/C10H11NO2/c12-10(8-4-6-13-7-8)9-3-1-2-5-11-9/h1-3,5,7,10,12H,4,6H2.